The van der Waals surface area contributed by atoms with E-state index in [-0.39, 0.29) is 6.10 Å². The number of halogens is 1. The number of nitrogens with zero attached hydrogens (tertiary/aromatic N) is 3. The van der Waals surface area contributed by atoms with Crippen LogP contribution in [0.4, 0.5) is 5.82 Å². The lowest BCUT2D eigenvalue weighted by Crippen LogP contribution is -2.28. The average Bonchev–Trinajstić information content (AvgIpc) is 2.43. The van der Waals surface area contributed by atoms with Gasteiger partial charge in [0.25, 0.3) is 0 Å². The smallest absolute Gasteiger partial charge is 0.134 e. The number of aryl methyl sites for hydroxylation is 1. The highest BCUT2D eigenvalue weighted by Gasteiger charge is 2.28. The predicted octanol–water partition coefficient (Wildman–Crippen LogP) is 1.40. The largest absolute Gasteiger partial charge is 0.391 e. The summed E-state index contributed by atoms with van der Waals surface area (Å²) in [6, 6.07) is 2.04. The third-order valence-electron chi connectivity index (χ3n) is 2.64. The summed E-state index contributed by atoms with van der Waals surface area (Å²) in [6.45, 7) is 4.50. The molecule has 0 radical (unpaired) electrons. The standard InChI is InChI=1S/C10H14ClN3O/c1-6-3-8(15)5-14(6)10-4-9(11)12-7(2)13-10/h4,6,8,15H,3,5H2,1-2H3. The second kappa shape index (κ2) is 3.94. The van der Waals surface area contributed by atoms with Crippen molar-refractivity contribution in [1.29, 1.82) is 0 Å². The molecule has 0 aliphatic carbocycles. The molecule has 2 atom stereocenters. The molecule has 15 heavy (non-hydrogen) atoms. The molecule has 5 heteroatoms. The number of β-amino-alcohol motifs (C(OH)–C–C–N with tert-alkyl or cyclic N) is 1. The molecule has 1 fully saturated rings. The molecule has 2 rings (SSSR count). The van der Waals surface area contributed by atoms with Crippen molar-refractivity contribution in [3.8, 4) is 0 Å². The Morgan fingerprint density at radius 2 is 2.27 bits per heavy atom. The number of hydrogen-bond acceptors (Lipinski definition) is 4. The van der Waals surface area contributed by atoms with Gasteiger partial charge < -0.3 is 10.0 Å². The first kappa shape index (κ1) is 10.6. The lowest BCUT2D eigenvalue weighted by molar-refractivity contribution is 0.195. The van der Waals surface area contributed by atoms with Crippen LogP contribution in [0.15, 0.2) is 6.07 Å². The van der Waals surface area contributed by atoms with Gasteiger partial charge in [-0.05, 0) is 20.3 Å². The highest BCUT2D eigenvalue weighted by molar-refractivity contribution is 6.29. The molecule has 0 bridgehead atoms. The molecule has 1 aromatic heterocycles. The Kier molecular flexibility index (Phi) is 2.80. The number of anilines is 1. The topological polar surface area (TPSA) is 49.2 Å². The number of rotatable bonds is 1. The zero-order valence-corrected chi connectivity index (χ0v) is 9.57. The van der Waals surface area contributed by atoms with Gasteiger partial charge in [-0.25, -0.2) is 9.97 Å². The zero-order valence-electron chi connectivity index (χ0n) is 8.81. The Labute approximate surface area is 93.9 Å². The van der Waals surface area contributed by atoms with Crippen molar-refractivity contribution in [3.05, 3.63) is 17.0 Å². The van der Waals surface area contributed by atoms with Crippen LogP contribution in [0.2, 0.25) is 5.15 Å². The van der Waals surface area contributed by atoms with Crippen molar-refractivity contribution in [2.45, 2.75) is 32.4 Å². The number of aliphatic hydroxyl groups is 1. The SMILES string of the molecule is Cc1nc(Cl)cc(N2CC(O)CC2C)n1. The third-order valence-corrected chi connectivity index (χ3v) is 2.83. The van der Waals surface area contributed by atoms with Gasteiger partial charge in [-0.3, -0.25) is 0 Å². The monoisotopic (exact) mass is 227 g/mol. The molecule has 2 unspecified atom stereocenters. The van der Waals surface area contributed by atoms with Crippen LogP contribution >= 0.6 is 11.6 Å². The average molecular weight is 228 g/mol. The minimum atomic E-state index is -0.269. The van der Waals surface area contributed by atoms with Crippen molar-refractivity contribution >= 4 is 17.4 Å². The third kappa shape index (κ3) is 2.21. The fourth-order valence-electron chi connectivity index (χ4n) is 1.99. The van der Waals surface area contributed by atoms with E-state index in [1.165, 1.54) is 0 Å². The lowest BCUT2D eigenvalue weighted by atomic mass is 10.2. The Morgan fingerprint density at radius 1 is 1.53 bits per heavy atom. The molecule has 0 spiro atoms. The van der Waals surface area contributed by atoms with Gasteiger partial charge in [0, 0.05) is 18.7 Å². The number of aliphatic hydroxyl groups excluding tert-OH is 1. The first-order chi connectivity index (χ1) is 7.06. The molecule has 1 saturated heterocycles. The Balaban J connectivity index is 2.29. The second-order valence-corrected chi connectivity index (χ2v) is 4.37. The zero-order chi connectivity index (χ0) is 11.0. The summed E-state index contributed by atoms with van der Waals surface area (Å²) in [5, 5.41) is 10.0. The Morgan fingerprint density at radius 3 is 2.80 bits per heavy atom. The quantitative estimate of drug-likeness (QED) is 0.737. The first-order valence-electron chi connectivity index (χ1n) is 5.02. The molecule has 1 aliphatic heterocycles. The van der Waals surface area contributed by atoms with E-state index in [0.717, 1.165) is 12.2 Å². The van der Waals surface area contributed by atoms with Gasteiger partial charge in [0.1, 0.15) is 16.8 Å². The molecule has 2 heterocycles. The van der Waals surface area contributed by atoms with Crippen LogP contribution < -0.4 is 4.90 Å². The van der Waals surface area contributed by atoms with E-state index in [4.69, 9.17) is 11.6 Å². The van der Waals surface area contributed by atoms with Crippen molar-refractivity contribution in [1.82, 2.24) is 9.97 Å². The fourth-order valence-corrected chi connectivity index (χ4v) is 2.21. The van der Waals surface area contributed by atoms with Crippen LogP contribution in [-0.4, -0.2) is 33.8 Å². The van der Waals surface area contributed by atoms with Gasteiger partial charge in [-0.1, -0.05) is 11.6 Å². The van der Waals surface area contributed by atoms with Gasteiger partial charge >= 0.3 is 0 Å². The van der Waals surface area contributed by atoms with E-state index < -0.39 is 0 Å². The summed E-state index contributed by atoms with van der Waals surface area (Å²) in [4.78, 5) is 10.4. The minimum Gasteiger partial charge on any atom is -0.391 e. The maximum atomic E-state index is 9.55. The predicted molar refractivity (Wildman–Crippen MR) is 59.2 cm³/mol. The van der Waals surface area contributed by atoms with E-state index in [9.17, 15) is 5.11 Å². The van der Waals surface area contributed by atoms with Crippen LogP contribution in [0, 0.1) is 6.92 Å². The molecule has 1 aliphatic rings. The fraction of sp³-hybridized carbons (Fsp3) is 0.600. The number of aromatic nitrogens is 2. The highest BCUT2D eigenvalue weighted by Crippen LogP contribution is 2.25. The normalized spacial score (nSPS) is 26.0. The van der Waals surface area contributed by atoms with Crippen molar-refractivity contribution in [2.75, 3.05) is 11.4 Å². The van der Waals surface area contributed by atoms with E-state index >= 15 is 0 Å². The van der Waals surface area contributed by atoms with Crippen LogP contribution in [0.25, 0.3) is 0 Å². The molecule has 1 aromatic rings. The molecular formula is C10H14ClN3O. The summed E-state index contributed by atoms with van der Waals surface area (Å²) < 4.78 is 0. The first-order valence-corrected chi connectivity index (χ1v) is 5.40. The van der Waals surface area contributed by atoms with Gasteiger partial charge in [0.05, 0.1) is 6.10 Å². The van der Waals surface area contributed by atoms with Crippen LogP contribution in [0.5, 0.6) is 0 Å². The summed E-state index contributed by atoms with van der Waals surface area (Å²) in [5.74, 6) is 1.46. The molecule has 0 saturated carbocycles. The molecule has 1 N–H and O–H groups in total. The van der Waals surface area contributed by atoms with E-state index in [0.29, 0.717) is 23.6 Å². The Bertz CT molecular complexity index is 351. The van der Waals surface area contributed by atoms with E-state index in [2.05, 4.69) is 21.8 Å². The van der Waals surface area contributed by atoms with Crippen molar-refractivity contribution in [2.24, 2.45) is 0 Å². The molecule has 0 aromatic carbocycles. The van der Waals surface area contributed by atoms with Gasteiger partial charge in [-0.2, -0.15) is 0 Å². The van der Waals surface area contributed by atoms with Gasteiger partial charge in [-0.15, -0.1) is 0 Å². The van der Waals surface area contributed by atoms with Crippen LogP contribution in [0.3, 0.4) is 0 Å². The summed E-state index contributed by atoms with van der Waals surface area (Å²) in [5.41, 5.74) is 0. The second-order valence-electron chi connectivity index (χ2n) is 3.99. The summed E-state index contributed by atoms with van der Waals surface area (Å²) in [7, 11) is 0. The molecular weight excluding hydrogens is 214 g/mol. The van der Waals surface area contributed by atoms with Crippen LogP contribution in [0.1, 0.15) is 19.2 Å². The van der Waals surface area contributed by atoms with E-state index in [1.807, 2.05) is 6.92 Å². The van der Waals surface area contributed by atoms with Crippen molar-refractivity contribution in [3.63, 3.8) is 0 Å². The summed E-state index contributed by atoms with van der Waals surface area (Å²) >= 11 is 5.87. The highest BCUT2D eigenvalue weighted by atomic mass is 35.5. The molecule has 0 amide bonds. The van der Waals surface area contributed by atoms with Gasteiger partial charge in [0.15, 0.2) is 0 Å². The Hall–Kier alpha value is -0.870. The minimum absolute atomic E-state index is 0.269. The maximum absolute atomic E-state index is 9.55. The van der Waals surface area contributed by atoms with E-state index in [1.54, 1.807) is 6.07 Å². The van der Waals surface area contributed by atoms with Crippen LogP contribution in [-0.2, 0) is 0 Å². The summed E-state index contributed by atoms with van der Waals surface area (Å²) in [6.07, 6.45) is 0.509. The maximum Gasteiger partial charge on any atom is 0.134 e. The van der Waals surface area contributed by atoms with Gasteiger partial charge in [0.2, 0.25) is 0 Å². The lowest BCUT2D eigenvalue weighted by Gasteiger charge is -2.22. The van der Waals surface area contributed by atoms with Crippen molar-refractivity contribution < 1.29 is 5.11 Å². The number of hydrogen-bond donors (Lipinski definition) is 1. The molecule has 82 valence electrons. The molecule has 4 nitrogen and oxygen atoms in total.